The van der Waals surface area contributed by atoms with E-state index in [0.29, 0.717) is 0 Å². The number of aliphatic hydroxyl groups excluding tert-OH is 2. The molecule has 0 fully saturated rings. The average Bonchev–Trinajstić information content (AvgIpc) is 1.81. The third-order valence-corrected chi connectivity index (χ3v) is 1.07. The third kappa shape index (κ3) is 11.5. The Morgan fingerprint density at radius 3 is 1.22 bits per heavy atom. The first-order chi connectivity index (χ1) is 3.91. The van der Waals surface area contributed by atoms with Crippen LogP contribution >= 0.6 is 0 Å². The SMILES string of the molecule is OCCCCCCO.[C]. The van der Waals surface area contributed by atoms with Gasteiger partial charge in [-0.2, -0.15) is 0 Å². The van der Waals surface area contributed by atoms with Crippen molar-refractivity contribution in [3.63, 3.8) is 0 Å². The van der Waals surface area contributed by atoms with Crippen molar-refractivity contribution in [3.05, 3.63) is 7.43 Å². The highest BCUT2D eigenvalue weighted by Gasteiger charge is 1.84. The fourth-order valence-corrected chi connectivity index (χ4v) is 0.577. The summed E-state index contributed by atoms with van der Waals surface area (Å²) in [7, 11) is 0. The first kappa shape index (κ1) is 11.7. The fraction of sp³-hybridized carbons (Fsp3) is 0.857. The monoisotopic (exact) mass is 130 g/mol. The Morgan fingerprint density at radius 2 is 1.00 bits per heavy atom. The predicted molar refractivity (Wildman–Crippen MR) is 35.9 cm³/mol. The topological polar surface area (TPSA) is 40.5 Å². The zero-order valence-electron chi connectivity index (χ0n) is 5.64. The molecule has 0 aromatic carbocycles. The molecule has 0 aromatic rings. The minimum atomic E-state index is 0. The van der Waals surface area contributed by atoms with Crippen molar-refractivity contribution in [2.45, 2.75) is 25.7 Å². The van der Waals surface area contributed by atoms with Gasteiger partial charge in [0, 0.05) is 20.6 Å². The lowest BCUT2D eigenvalue weighted by atomic mass is 10.2. The standard InChI is InChI=1S/C6H14O2.C/c7-5-3-1-2-4-6-8;/h7-8H,1-6H2;. The van der Waals surface area contributed by atoms with Crippen LogP contribution in [0.5, 0.6) is 0 Å². The molecule has 0 unspecified atom stereocenters. The van der Waals surface area contributed by atoms with Crippen molar-refractivity contribution in [2.24, 2.45) is 0 Å². The van der Waals surface area contributed by atoms with Crippen molar-refractivity contribution >= 4 is 0 Å². The summed E-state index contributed by atoms with van der Waals surface area (Å²) in [6.45, 7) is 0.566. The molecule has 0 spiro atoms. The van der Waals surface area contributed by atoms with Crippen molar-refractivity contribution in [1.82, 2.24) is 0 Å². The summed E-state index contributed by atoms with van der Waals surface area (Å²) >= 11 is 0. The van der Waals surface area contributed by atoms with Gasteiger partial charge in [-0.3, -0.25) is 0 Å². The van der Waals surface area contributed by atoms with E-state index in [0.717, 1.165) is 25.7 Å². The molecule has 0 heterocycles. The van der Waals surface area contributed by atoms with Crippen molar-refractivity contribution in [2.75, 3.05) is 13.2 Å². The maximum absolute atomic E-state index is 8.30. The second kappa shape index (κ2) is 10.8. The summed E-state index contributed by atoms with van der Waals surface area (Å²) in [5.74, 6) is 0. The molecule has 0 atom stereocenters. The Kier molecular flexibility index (Phi) is 14.0. The van der Waals surface area contributed by atoms with E-state index in [9.17, 15) is 0 Å². The Morgan fingerprint density at radius 1 is 0.667 bits per heavy atom. The average molecular weight is 130 g/mol. The minimum Gasteiger partial charge on any atom is -0.396 e. The highest BCUT2D eigenvalue weighted by molar-refractivity contribution is 4.39. The van der Waals surface area contributed by atoms with Gasteiger partial charge in [-0.1, -0.05) is 12.8 Å². The van der Waals surface area contributed by atoms with E-state index in [1.807, 2.05) is 0 Å². The van der Waals surface area contributed by atoms with Gasteiger partial charge in [0.15, 0.2) is 0 Å². The quantitative estimate of drug-likeness (QED) is 0.535. The molecule has 0 saturated carbocycles. The lowest BCUT2D eigenvalue weighted by Gasteiger charge is -1.93. The molecule has 0 aliphatic heterocycles. The van der Waals surface area contributed by atoms with Gasteiger partial charge in [0.2, 0.25) is 0 Å². The van der Waals surface area contributed by atoms with E-state index in [-0.39, 0.29) is 20.6 Å². The maximum Gasteiger partial charge on any atom is 0.0431 e. The van der Waals surface area contributed by atoms with Crippen LogP contribution in [0.3, 0.4) is 0 Å². The van der Waals surface area contributed by atoms with Gasteiger partial charge in [-0.25, -0.2) is 0 Å². The molecule has 0 rings (SSSR count). The van der Waals surface area contributed by atoms with Crippen LogP contribution in [0, 0.1) is 7.43 Å². The predicted octanol–water partition coefficient (Wildman–Crippen LogP) is 0.613. The molecule has 0 bridgehead atoms. The smallest absolute Gasteiger partial charge is 0.0431 e. The van der Waals surface area contributed by atoms with Gasteiger partial charge in [0.05, 0.1) is 0 Å². The second-order valence-corrected chi connectivity index (χ2v) is 1.86. The Balaban J connectivity index is 0. The van der Waals surface area contributed by atoms with Crippen LogP contribution in [0.15, 0.2) is 0 Å². The van der Waals surface area contributed by atoms with Gasteiger partial charge < -0.3 is 10.2 Å². The van der Waals surface area contributed by atoms with Crippen LogP contribution in [0.2, 0.25) is 0 Å². The molecule has 9 heavy (non-hydrogen) atoms. The Bertz CT molecular complexity index is 31.9. The fourth-order valence-electron chi connectivity index (χ4n) is 0.577. The summed E-state index contributed by atoms with van der Waals surface area (Å²) in [6.07, 6.45) is 3.83. The first-order valence-electron chi connectivity index (χ1n) is 3.13. The van der Waals surface area contributed by atoms with Crippen LogP contribution in [0.4, 0.5) is 0 Å². The van der Waals surface area contributed by atoms with E-state index in [4.69, 9.17) is 10.2 Å². The third-order valence-electron chi connectivity index (χ3n) is 1.07. The molecule has 0 saturated heterocycles. The summed E-state index contributed by atoms with van der Waals surface area (Å²) < 4.78 is 0. The number of hydrogen-bond acceptors (Lipinski definition) is 2. The van der Waals surface area contributed by atoms with Gasteiger partial charge in [-0.15, -0.1) is 0 Å². The maximum atomic E-state index is 8.30. The Labute approximate surface area is 57.5 Å². The Hall–Kier alpha value is -0.0800. The van der Waals surface area contributed by atoms with Crippen LogP contribution in [-0.2, 0) is 0 Å². The summed E-state index contributed by atoms with van der Waals surface area (Å²) in [5, 5.41) is 16.6. The van der Waals surface area contributed by atoms with E-state index in [1.54, 1.807) is 0 Å². The number of aliphatic hydroxyl groups is 2. The van der Waals surface area contributed by atoms with Gasteiger partial charge >= 0.3 is 0 Å². The lowest BCUT2D eigenvalue weighted by Crippen LogP contribution is -1.85. The molecule has 0 aliphatic carbocycles. The van der Waals surface area contributed by atoms with Crippen molar-refractivity contribution < 1.29 is 10.2 Å². The summed E-state index contributed by atoms with van der Waals surface area (Å²) in [4.78, 5) is 0. The zero-order chi connectivity index (χ0) is 6.24. The van der Waals surface area contributed by atoms with E-state index < -0.39 is 0 Å². The number of unbranched alkanes of at least 4 members (excludes halogenated alkanes) is 3. The van der Waals surface area contributed by atoms with Gasteiger partial charge in [0.1, 0.15) is 0 Å². The minimum absolute atomic E-state index is 0. The van der Waals surface area contributed by atoms with Crippen LogP contribution in [0.1, 0.15) is 25.7 Å². The largest absolute Gasteiger partial charge is 0.396 e. The molecule has 4 radical (unpaired) electrons. The summed E-state index contributed by atoms with van der Waals surface area (Å²) in [5.41, 5.74) is 0. The van der Waals surface area contributed by atoms with Crippen LogP contribution in [-0.4, -0.2) is 23.4 Å². The number of rotatable bonds is 5. The second-order valence-electron chi connectivity index (χ2n) is 1.86. The van der Waals surface area contributed by atoms with Gasteiger partial charge in [-0.05, 0) is 12.8 Å². The first-order valence-corrected chi connectivity index (χ1v) is 3.13. The zero-order valence-corrected chi connectivity index (χ0v) is 5.64. The molecule has 2 nitrogen and oxygen atoms in total. The molecule has 2 N–H and O–H groups in total. The molecule has 0 aliphatic rings. The molecular formula is C7H14O2. The van der Waals surface area contributed by atoms with E-state index in [2.05, 4.69) is 0 Å². The van der Waals surface area contributed by atoms with Crippen molar-refractivity contribution in [3.8, 4) is 0 Å². The van der Waals surface area contributed by atoms with Crippen LogP contribution in [0.25, 0.3) is 0 Å². The normalized spacial score (nSPS) is 8.67. The highest BCUT2D eigenvalue weighted by Crippen LogP contribution is 1.96. The molecule has 2 heteroatoms. The summed E-state index contributed by atoms with van der Waals surface area (Å²) in [6, 6.07) is 0. The molecule has 0 aromatic heterocycles. The number of hydrogen-bond donors (Lipinski definition) is 2. The van der Waals surface area contributed by atoms with Gasteiger partial charge in [0.25, 0.3) is 0 Å². The van der Waals surface area contributed by atoms with E-state index >= 15 is 0 Å². The van der Waals surface area contributed by atoms with Crippen LogP contribution < -0.4 is 0 Å². The molecule has 54 valence electrons. The molecule has 0 amide bonds. The highest BCUT2D eigenvalue weighted by atomic mass is 16.3. The van der Waals surface area contributed by atoms with E-state index in [1.165, 1.54) is 0 Å². The van der Waals surface area contributed by atoms with Crippen molar-refractivity contribution in [1.29, 1.82) is 0 Å². The lowest BCUT2D eigenvalue weighted by molar-refractivity contribution is 0.265. The molecular weight excluding hydrogens is 116 g/mol.